The highest BCUT2D eigenvalue weighted by atomic mass is 19.1. The first-order chi connectivity index (χ1) is 13.4. The molecule has 1 aliphatic rings. The molecule has 0 spiro atoms. The topological polar surface area (TPSA) is 69.7 Å². The van der Waals surface area contributed by atoms with Crippen LogP contribution in [0.4, 0.5) is 20.6 Å². The van der Waals surface area contributed by atoms with E-state index < -0.39 is 23.7 Å². The van der Waals surface area contributed by atoms with E-state index >= 15 is 0 Å². The molecule has 0 saturated carbocycles. The Bertz CT molecular complexity index is 932. The van der Waals surface area contributed by atoms with E-state index in [2.05, 4.69) is 24.1 Å². The fraction of sp³-hybridized carbons (Fsp3) is 0.190. The second-order valence-electron chi connectivity index (χ2n) is 6.20. The van der Waals surface area contributed by atoms with Gasteiger partial charge in [-0.1, -0.05) is 12.1 Å². The molecule has 144 valence electrons. The SMILES string of the molecule is CCN(CC)c1ccc(/C=C2/C(=O)NC(=O)N(c3ccc(F)cc3)C2=O)cc1. The average Bonchev–Trinajstić information content (AvgIpc) is 2.68. The molecule has 1 N–H and O–H groups in total. The summed E-state index contributed by atoms with van der Waals surface area (Å²) in [6, 6.07) is 11.5. The van der Waals surface area contributed by atoms with Gasteiger partial charge in [-0.05, 0) is 61.9 Å². The number of carbonyl (C=O) groups excluding carboxylic acids is 3. The minimum absolute atomic E-state index is 0.167. The van der Waals surface area contributed by atoms with Crippen molar-refractivity contribution in [3.63, 3.8) is 0 Å². The van der Waals surface area contributed by atoms with E-state index in [-0.39, 0.29) is 11.3 Å². The second kappa shape index (κ2) is 8.04. The molecule has 1 heterocycles. The molecule has 2 aromatic carbocycles. The fourth-order valence-corrected chi connectivity index (χ4v) is 3.02. The third-order valence-electron chi connectivity index (χ3n) is 4.52. The van der Waals surface area contributed by atoms with Crippen LogP contribution in [0.25, 0.3) is 6.08 Å². The van der Waals surface area contributed by atoms with Crippen LogP contribution in [0.5, 0.6) is 0 Å². The number of nitrogens with zero attached hydrogens (tertiary/aromatic N) is 2. The zero-order valence-corrected chi connectivity index (χ0v) is 15.6. The molecule has 0 atom stereocenters. The summed E-state index contributed by atoms with van der Waals surface area (Å²) in [6.45, 7) is 5.86. The quantitative estimate of drug-likeness (QED) is 0.637. The number of amides is 4. The van der Waals surface area contributed by atoms with Crippen LogP contribution in [0.3, 0.4) is 0 Å². The third kappa shape index (κ3) is 3.78. The Hall–Kier alpha value is -3.48. The van der Waals surface area contributed by atoms with Crippen molar-refractivity contribution >= 4 is 35.3 Å². The maximum absolute atomic E-state index is 13.1. The van der Waals surface area contributed by atoms with Crippen LogP contribution >= 0.6 is 0 Å². The standard InChI is InChI=1S/C21H20FN3O3/c1-3-24(4-2)16-9-5-14(6-10-16)13-18-19(26)23-21(28)25(20(18)27)17-11-7-15(22)8-12-17/h5-13H,3-4H2,1-2H3,(H,23,26,28)/b18-13-. The van der Waals surface area contributed by atoms with Crippen LogP contribution in [0.15, 0.2) is 54.1 Å². The Morgan fingerprint density at radius 3 is 2.14 bits per heavy atom. The fourth-order valence-electron chi connectivity index (χ4n) is 3.02. The summed E-state index contributed by atoms with van der Waals surface area (Å²) < 4.78 is 13.1. The first-order valence-corrected chi connectivity index (χ1v) is 8.96. The van der Waals surface area contributed by atoms with Crippen molar-refractivity contribution in [1.29, 1.82) is 0 Å². The molecule has 0 bridgehead atoms. The molecule has 3 rings (SSSR count). The Morgan fingerprint density at radius 2 is 1.57 bits per heavy atom. The summed E-state index contributed by atoms with van der Waals surface area (Å²) in [6.07, 6.45) is 1.44. The van der Waals surface area contributed by atoms with Crippen LogP contribution in [0.2, 0.25) is 0 Å². The second-order valence-corrected chi connectivity index (χ2v) is 6.20. The van der Waals surface area contributed by atoms with E-state index in [4.69, 9.17) is 0 Å². The maximum atomic E-state index is 13.1. The van der Waals surface area contributed by atoms with Crippen molar-refractivity contribution in [1.82, 2.24) is 5.32 Å². The third-order valence-corrected chi connectivity index (χ3v) is 4.52. The van der Waals surface area contributed by atoms with E-state index in [1.807, 2.05) is 12.1 Å². The number of urea groups is 1. The lowest BCUT2D eigenvalue weighted by Gasteiger charge is -2.26. The summed E-state index contributed by atoms with van der Waals surface area (Å²) in [4.78, 5) is 40.1. The molecule has 7 heteroatoms. The number of imide groups is 2. The number of rotatable bonds is 5. The molecule has 28 heavy (non-hydrogen) atoms. The van der Waals surface area contributed by atoms with Gasteiger partial charge in [0.15, 0.2) is 0 Å². The minimum atomic E-state index is -0.865. The molecule has 4 amide bonds. The van der Waals surface area contributed by atoms with Gasteiger partial charge in [0.1, 0.15) is 11.4 Å². The molecule has 1 aliphatic heterocycles. The number of halogens is 1. The summed E-state index contributed by atoms with van der Waals surface area (Å²) >= 11 is 0. The smallest absolute Gasteiger partial charge is 0.335 e. The highest BCUT2D eigenvalue weighted by molar-refractivity contribution is 6.39. The number of nitrogens with one attached hydrogen (secondary N) is 1. The van der Waals surface area contributed by atoms with Crippen molar-refractivity contribution in [3.8, 4) is 0 Å². The lowest BCUT2D eigenvalue weighted by atomic mass is 10.1. The number of hydrogen-bond donors (Lipinski definition) is 1. The number of barbiturate groups is 1. The van der Waals surface area contributed by atoms with Crippen molar-refractivity contribution in [2.24, 2.45) is 0 Å². The highest BCUT2D eigenvalue weighted by Crippen LogP contribution is 2.23. The number of anilines is 2. The van der Waals surface area contributed by atoms with E-state index in [9.17, 15) is 18.8 Å². The Kier molecular flexibility index (Phi) is 5.54. The summed E-state index contributed by atoms with van der Waals surface area (Å²) in [5, 5.41) is 2.15. The van der Waals surface area contributed by atoms with Gasteiger partial charge in [0, 0.05) is 18.8 Å². The molecular weight excluding hydrogens is 361 g/mol. The summed E-state index contributed by atoms with van der Waals surface area (Å²) in [7, 11) is 0. The van der Waals surface area contributed by atoms with E-state index in [0.717, 1.165) is 35.8 Å². The molecule has 0 aliphatic carbocycles. The normalized spacial score (nSPS) is 15.8. The molecular formula is C21H20FN3O3. The first kappa shape index (κ1) is 19.3. The molecule has 6 nitrogen and oxygen atoms in total. The molecule has 0 unspecified atom stereocenters. The van der Waals surface area contributed by atoms with Gasteiger partial charge < -0.3 is 4.90 Å². The Balaban J connectivity index is 1.91. The van der Waals surface area contributed by atoms with Gasteiger partial charge in [0.25, 0.3) is 11.8 Å². The average molecular weight is 381 g/mol. The van der Waals surface area contributed by atoms with E-state index in [0.29, 0.717) is 5.56 Å². The lowest BCUT2D eigenvalue weighted by molar-refractivity contribution is -0.122. The molecule has 0 aromatic heterocycles. The van der Waals surface area contributed by atoms with Crippen molar-refractivity contribution < 1.29 is 18.8 Å². The van der Waals surface area contributed by atoms with Crippen LogP contribution in [0.1, 0.15) is 19.4 Å². The van der Waals surface area contributed by atoms with Crippen LogP contribution in [0, 0.1) is 5.82 Å². The first-order valence-electron chi connectivity index (χ1n) is 8.96. The van der Waals surface area contributed by atoms with Gasteiger partial charge in [-0.15, -0.1) is 0 Å². The number of benzene rings is 2. The van der Waals surface area contributed by atoms with Crippen molar-refractivity contribution in [2.45, 2.75) is 13.8 Å². The van der Waals surface area contributed by atoms with Gasteiger partial charge >= 0.3 is 6.03 Å². The number of carbonyl (C=O) groups is 3. The highest BCUT2D eigenvalue weighted by Gasteiger charge is 2.36. The Morgan fingerprint density at radius 1 is 0.964 bits per heavy atom. The molecule has 1 saturated heterocycles. The number of hydrogen-bond acceptors (Lipinski definition) is 4. The largest absolute Gasteiger partial charge is 0.372 e. The van der Waals surface area contributed by atoms with Crippen molar-refractivity contribution in [3.05, 3.63) is 65.5 Å². The van der Waals surface area contributed by atoms with Gasteiger partial charge in [0.05, 0.1) is 5.69 Å². The zero-order chi connectivity index (χ0) is 20.3. The maximum Gasteiger partial charge on any atom is 0.335 e. The summed E-state index contributed by atoms with van der Waals surface area (Å²) in [5.74, 6) is -2.01. The van der Waals surface area contributed by atoms with Gasteiger partial charge in [-0.25, -0.2) is 14.1 Å². The zero-order valence-electron chi connectivity index (χ0n) is 15.6. The van der Waals surface area contributed by atoms with Gasteiger partial charge in [-0.2, -0.15) is 0 Å². The van der Waals surface area contributed by atoms with Crippen LogP contribution in [-0.4, -0.2) is 30.9 Å². The predicted molar refractivity (Wildman–Crippen MR) is 105 cm³/mol. The van der Waals surface area contributed by atoms with Gasteiger partial charge in [0.2, 0.25) is 0 Å². The molecule has 1 fully saturated rings. The predicted octanol–water partition coefficient (Wildman–Crippen LogP) is 3.34. The lowest BCUT2D eigenvalue weighted by Crippen LogP contribution is -2.54. The van der Waals surface area contributed by atoms with E-state index in [1.54, 1.807) is 12.1 Å². The summed E-state index contributed by atoms with van der Waals surface area (Å²) in [5.41, 5.74) is 1.70. The monoisotopic (exact) mass is 381 g/mol. The minimum Gasteiger partial charge on any atom is -0.372 e. The molecule has 2 aromatic rings. The van der Waals surface area contributed by atoms with E-state index in [1.165, 1.54) is 18.2 Å². The van der Waals surface area contributed by atoms with Gasteiger partial charge in [-0.3, -0.25) is 14.9 Å². The van der Waals surface area contributed by atoms with Crippen LogP contribution in [-0.2, 0) is 9.59 Å². The van der Waals surface area contributed by atoms with Crippen LogP contribution < -0.4 is 15.1 Å². The van der Waals surface area contributed by atoms with Crippen molar-refractivity contribution in [2.75, 3.05) is 22.9 Å². The Labute approximate surface area is 162 Å². The molecule has 0 radical (unpaired) electrons.